The number of hydrogen-bond acceptors (Lipinski definition) is 6. The number of aromatic amines is 1. The van der Waals surface area contributed by atoms with Gasteiger partial charge >= 0.3 is 0 Å². The first kappa shape index (κ1) is 23.3. The summed E-state index contributed by atoms with van der Waals surface area (Å²) in [5.41, 5.74) is 4.02. The maximum atomic E-state index is 4.96. The van der Waals surface area contributed by atoms with E-state index in [-0.39, 0.29) is 0 Å². The topological polar surface area (TPSA) is 98.1 Å². The Kier molecular flexibility index (Phi) is 7.56. The number of aryl methyl sites for hydroxylation is 2. The SMILES string of the molecule is CCCCn1nc(CCC2CCCCC2)nc1Cc1ccc(-c2ccccc2-c2nnn[nH]2)cn1. The Morgan fingerprint density at radius 1 is 1.03 bits per heavy atom. The zero-order valence-corrected chi connectivity index (χ0v) is 20.5. The van der Waals surface area contributed by atoms with Gasteiger partial charge in [-0.1, -0.05) is 75.8 Å². The van der Waals surface area contributed by atoms with Gasteiger partial charge in [-0.15, -0.1) is 5.10 Å². The van der Waals surface area contributed by atoms with Crippen molar-refractivity contribution in [2.75, 3.05) is 0 Å². The molecule has 182 valence electrons. The Hall–Kier alpha value is -3.42. The third-order valence-corrected chi connectivity index (χ3v) is 7.02. The molecule has 8 heteroatoms. The number of nitrogens with one attached hydrogen (secondary N) is 1. The number of rotatable bonds is 10. The molecule has 4 aromatic rings. The smallest absolute Gasteiger partial charge is 0.180 e. The van der Waals surface area contributed by atoms with Gasteiger partial charge in [-0.25, -0.2) is 14.8 Å². The standard InChI is InChI=1S/C27H34N8/c1-2-3-17-35-26(29-25(32-35)16-13-20-9-5-4-6-10-20)18-22-15-14-21(19-28-22)23-11-7-8-12-24(23)27-30-33-34-31-27/h7-8,11-12,14-15,19-20H,2-6,9-10,13,16-18H2,1H3,(H,30,31,33,34). The molecule has 1 fully saturated rings. The summed E-state index contributed by atoms with van der Waals surface area (Å²) in [7, 11) is 0. The van der Waals surface area contributed by atoms with Crippen LogP contribution in [0.3, 0.4) is 0 Å². The van der Waals surface area contributed by atoms with E-state index in [0.717, 1.165) is 65.8 Å². The van der Waals surface area contributed by atoms with Crippen LogP contribution in [0.25, 0.3) is 22.5 Å². The molecule has 0 radical (unpaired) electrons. The number of benzene rings is 1. The first-order chi connectivity index (χ1) is 17.3. The monoisotopic (exact) mass is 470 g/mol. The highest BCUT2D eigenvalue weighted by atomic mass is 15.5. The van der Waals surface area contributed by atoms with Crippen molar-refractivity contribution in [3.05, 3.63) is 59.9 Å². The first-order valence-corrected chi connectivity index (χ1v) is 13.0. The van der Waals surface area contributed by atoms with Gasteiger partial charge in [0.25, 0.3) is 0 Å². The van der Waals surface area contributed by atoms with Crippen molar-refractivity contribution in [2.45, 2.75) is 77.7 Å². The molecule has 3 aromatic heterocycles. The van der Waals surface area contributed by atoms with E-state index < -0.39 is 0 Å². The lowest BCUT2D eigenvalue weighted by Gasteiger charge is -2.20. The van der Waals surface area contributed by atoms with Gasteiger partial charge in [-0.05, 0) is 40.8 Å². The molecular formula is C27H34N8. The number of tetrazole rings is 1. The van der Waals surface area contributed by atoms with E-state index in [2.05, 4.69) is 50.4 Å². The Bertz CT molecular complexity index is 1190. The van der Waals surface area contributed by atoms with Crippen LogP contribution < -0.4 is 0 Å². The minimum Gasteiger partial charge on any atom is -0.260 e. The number of unbranched alkanes of at least 4 members (excludes halogenated alkanes) is 1. The molecule has 0 aliphatic heterocycles. The molecule has 1 aliphatic rings. The second-order valence-corrected chi connectivity index (χ2v) is 9.57. The molecule has 1 aromatic carbocycles. The van der Waals surface area contributed by atoms with Crippen LogP contribution in [0, 0.1) is 5.92 Å². The Morgan fingerprint density at radius 3 is 2.63 bits per heavy atom. The molecule has 0 amide bonds. The van der Waals surface area contributed by atoms with E-state index in [0.29, 0.717) is 12.2 Å². The molecule has 8 nitrogen and oxygen atoms in total. The van der Waals surface area contributed by atoms with Crippen molar-refractivity contribution in [3.63, 3.8) is 0 Å². The zero-order valence-electron chi connectivity index (χ0n) is 20.5. The molecule has 0 spiro atoms. The minimum atomic E-state index is 0.648. The van der Waals surface area contributed by atoms with Crippen molar-refractivity contribution >= 4 is 0 Å². The van der Waals surface area contributed by atoms with Gasteiger partial charge in [0.2, 0.25) is 0 Å². The first-order valence-electron chi connectivity index (χ1n) is 13.0. The molecule has 5 rings (SSSR count). The molecular weight excluding hydrogens is 436 g/mol. The van der Waals surface area contributed by atoms with E-state index in [1.165, 1.54) is 38.5 Å². The van der Waals surface area contributed by atoms with Gasteiger partial charge in [0.05, 0.1) is 0 Å². The third kappa shape index (κ3) is 5.81. The molecule has 0 atom stereocenters. The number of nitrogens with zero attached hydrogens (tertiary/aromatic N) is 7. The van der Waals surface area contributed by atoms with Crippen LogP contribution in [-0.4, -0.2) is 40.4 Å². The molecule has 3 heterocycles. The summed E-state index contributed by atoms with van der Waals surface area (Å²) in [6.45, 7) is 3.13. The highest BCUT2D eigenvalue weighted by Crippen LogP contribution is 2.29. The summed E-state index contributed by atoms with van der Waals surface area (Å²) in [5.74, 6) is 3.51. The predicted octanol–water partition coefficient (Wildman–Crippen LogP) is 5.42. The summed E-state index contributed by atoms with van der Waals surface area (Å²) >= 11 is 0. The summed E-state index contributed by atoms with van der Waals surface area (Å²) in [6.07, 6.45) is 14.0. The van der Waals surface area contributed by atoms with E-state index in [1.54, 1.807) is 0 Å². The molecule has 1 N–H and O–H groups in total. The fraction of sp³-hybridized carbons (Fsp3) is 0.481. The molecule has 1 aliphatic carbocycles. The van der Waals surface area contributed by atoms with Crippen molar-refractivity contribution in [1.82, 2.24) is 40.4 Å². The third-order valence-electron chi connectivity index (χ3n) is 7.02. The zero-order chi connectivity index (χ0) is 23.9. The van der Waals surface area contributed by atoms with Crippen molar-refractivity contribution in [3.8, 4) is 22.5 Å². The average Bonchev–Trinajstić information content (AvgIpc) is 3.58. The van der Waals surface area contributed by atoms with E-state index in [4.69, 9.17) is 15.1 Å². The lowest BCUT2D eigenvalue weighted by atomic mass is 9.86. The lowest BCUT2D eigenvalue weighted by Crippen LogP contribution is -2.08. The maximum Gasteiger partial charge on any atom is 0.180 e. The van der Waals surface area contributed by atoms with Gasteiger partial charge in [-0.3, -0.25) is 4.98 Å². The maximum absolute atomic E-state index is 4.96. The van der Waals surface area contributed by atoms with Crippen LogP contribution in [0.1, 0.15) is 75.6 Å². The van der Waals surface area contributed by atoms with Crippen molar-refractivity contribution in [1.29, 1.82) is 0 Å². The summed E-state index contributed by atoms with van der Waals surface area (Å²) in [4.78, 5) is 9.74. The Balaban J connectivity index is 1.31. The van der Waals surface area contributed by atoms with Gasteiger partial charge in [0.1, 0.15) is 5.82 Å². The molecule has 0 bridgehead atoms. The van der Waals surface area contributed by atoms with Gasteiger partial charge in [0.15, 0.2) is 11.6 Å². The highest BCUT2D eigenvalue weighted by Gasteiger charge is 2.17. The summed E-state index contributed by atoms with van der Waals surface area (Å²) in [6, 6.07) is 12.3. The highest BCUT2D eigenvalue weighted by molar-refractivity contribution is 5.79. The summed E-state index contributed by atoms with van der Waals surface area (Å²) < 4.78 is 2.11. The number of aromatic nitrogens is 8. The van der Waals surface area contributed by atoms with E-state index >= 15 is 0 Å². The second-order valence-electron chi connectivity index (χ2n) is 9.57. The largest absolute Gasteiger partial charge is 0.260 e. The summed E-state index contributed by atoms with van der Waals surface area (Å²) in [5, 5.41) is 19.2. The van der Waals surface area contributed by atoms with Gasteiger partial charge in [-0.2, -0.15) is 5.10 Å². The fourth-order valence-electron chi connectivity index (χ4n) is 5.02. The Labute approximate surface area is 206 Å². The molecule has 0 unspecified atom stereocenters. The van der Waals surface area contributed by atoms with Crippen LogP contribution >= 0.6 is 0 Å². The second kappa shape index (κ2) is 11.3. The predicted molar refractivity (Wildman–Crippen MR) is 135 cm³/mol. The normalized spacial score (nSPS) is 14.4. The molecule has 1 saturated carbocycles. The number of H-pyrrole nitrogens is 1. The van der Waals surface area contributed by atoms with Crippen LogP contribution in [-0.2, 0) is 19.4 Å². The van der Waals surface area contributed by atoms with Gasteiger partial charge in [0, 0.05) is 42.4 Å². The number of pyridine rings is 1. The van der Waals surface area contributed by atoms with Crippen LogP contribution in [0.2, 0.25) is 0 Å². The number of hydrogen-bond donors (Lipinski definition) is 1. The van der Waals surface area contributed by atoms with Crippen LogP contribution in [0.4, 0.5) is 0 Å². The van der Waals surface area contributed by atoms with Crippen LogP contribution in [0.15, 0.2) is 42.6 Å². The van der Waals surface area contributed by atoms with Crippen molar-refractivity contribution in [2.24, 2.45) is 5.92 Å². The molecule has 35 heavy (non-hydrogen) atoms. The fourth-order valence-corrected chi connectivity index (χ4v) is 5.02. The van der Waals surface area contributed by atoms with Crippen LogP contribution in [0.5, 0.6) is 0 Å². The quantitative estimate of drug-likeness (QED) is 0.332. The lowest BCUT2D eigenvalue weighted by molar-refractivity contribution is 0.337. The van der Waals surface area contributed by atoms with Gasteiger partial charge < -0.3 is 0 Å². The Morgan fingerprint density at radius 2 is 1.89 bits per heavy atom. The average molecular weight is 471 g/mol. The van der Waals surface area contributed by atoms with E-state index in [9.17, 15) is 0 Å². The minimum absolute atomic E-state index is 0.648. The van der Waals surface area contributed by atoms with Crippen molar-refractivity contribution < 1.29 is 0 Å². The van der Waals surface area contributed by atoms with E-state index in [1.807, 2.05) is 24.4 Å². The molecule has 0 saturated heterocycles.